The molecule has 27 heavy (non-hydrogen) atoms. The van der Waals surface area contributed by atoms with Crippen LogP contribution < -0.4 is 15.7 Å². The molecule has 5 rings (SSSR count). The average Bonchev–Trinajstić information content (AvgIpc) is 3.24. The second-order valence-corrected chi connectivity index (χ2v) is 6.28. The highest BCUT2D eigenvalue weighted by Crippen LogP contribution is 2.35. The molecule has 1 aliphatic rings. The number of hydrogen-bond acceptors (Lipinski definition) is 7. The molecular weight excluding hydrogens is 351 g/mol. The highest BCUT2D eigenvalue weighted by molar-refractivity contribution is 5.84. The van der Waals surface area contributed by atoms with Crippen molar-refractivity contribution in [3.8, 4) is 0 Å². The fraction of sp³-hybridized carbons (Fsp3) is 0.235. The summed E-state index contributed by atoms with van der Waals surface area (Å²) in [5, 5.41) is 3.44. The molecule has 0 radical (unpaired) electrons. The summed E-state index contributed by atoms with van der Waals surface area (Å²) in [4.78, 5) is 33.4. The van der Waals surface area contributed by atoms with E-state index in [1.54, 1.807) is 30.6 Å². The fourth-order valence-electron chi connectivity index (χ4n) is 3.67. The number of imidazole rings is 1. The summed E-state index contributed by atoms with van der Waals surface area (Å²) in [6.07, 6.45) is 3.63. The average molecular weight is 366 g/mol. The van der Waals surface area contributed by atoms with Crippen LogP contribution in [-0.4, -0.2) is 36.6 Å². The molecule has 4 heterocycles. The van der Waals surface area contributed by atoms with E-state index in [1.165, 1.54) is 17.1 Å². The lowest BCUT2D eigenvalue weighted by Crippen LogP contribution is -2.46. The van der Waals surface area contributed by atoms with Crippen molar-refractivity contribution in [2.24, 2.45) is 0 Å². The topological polar surface area (TPSA) is 95.8 Å². The number of benzene rings is 1. The Labute approximate surface area is 152 Å². The number of anilines is 1. The molecule has 0 aliphatic carbocycles. The highest BCUT2D eigenvalue weighted by atomic mass is 19.1. The summed E-state index contributed by atoms with van der Waals surface area (Å²) in [7, 11) is 1.72. The first-order chi connectivity index (χ1) is 13.1. The lowest BCUT2D eigenvalue weighted by atomic mass is 10.2. The number of hydrazine groups is 1. The predicted molar refractivity (Wildman–Crippen MR) is 97.3 cm³/mol. The number of nitrogens with zero attached hydrogens (tertiary/aromatic N) is 7. The lowest BCUT2D eigenvalue weighted by molar-refractivity contribution is 0.601. The zero-order chi connectivity index (χ0) is 18.7. The molecule has 0 amide bonds. The molecule has 10 heteroatoms. The van der Waals surface area contributed by atoms with Crippen molar-refractivity contribution >= 4 is 27.9 Å². The zero-order valence-corrected chi connectivity index (χ0v) is 14.6. The smallest absolute Gasteiger partial charge is 0.284 e. The van der Waals surface area contributed by atoms with Gasteiger partial charge in [0.25, 0.3) is 5.56 Å². The molecule has 0 spiro atoms. The summed E-state index contributed by atoms with van der Waals surface area (Å²) < 4.78 is 15.7. The quantitative estimate of drug-likeness (QED) is 0.576. The summed E-state index contributed by atoms with van der Waals surface area (Å²) in [6, 6.07) is 4.21. The van der Waals surface area contributed by atoms with E-state index in [4.69, 9.17) is 0 Å². The van der Waals surface area contributed by atoms with Crippen molar-refractivity contribution in [1.82, 2.24) is 29.6 Å². The van der Waals surface area contributed by atoms with Gasteiger partial charge in [-0.05, 0) is 18.6 Å². The first kappa shape index (κ1) is 15.7. The van der Waals surface area contributed by atoms with Crippen LogP contribution in [0, 0.1) is 5.82 Å². The second kappa shape index (κ2) is 5.47. The van der Waals surface area contributed by atoms with Gasteiger partial charge < -0.3 is 4.98 Å². The number of aromatic amines is 1. The molecule has 1 aromatic carbocycles. The maximum atomic E-state index is 14.3. The zero-order valence-electron chi connectivity index (χ0n) is 14.6. The van der Waals surface area contributed by atoms with Crippen molar-refractivity contribution in [3.05, 3.63) is 52.8 Å². The minimum atomic E-state index is -0.585. The van der Waals surface area contributed by atoms with Gasteiger partial charge in [-0.3, -0.25) is 4.79 Å². The van der Waals surface area contributed by atoms with Crippen LogP contribution in [0.5, 0.6) is 0 Å². The van der Waals surface area contributed by atoms with E-state index in [2.05, 4.69) is 24.9 Å². The van der Waals surface area contributed by atoms with Crippen LogP contribution in [-0.2, 0) is 0 Å². The van der Waals surface area contributed by atoms with Crippen molar-refractivity contribution < 1.29 is 4.39 Å². The highest BCUT2D eigenvalue weighted by Gasteiger charge is 2.38. The van der Waals surface area contributed by atoms with E-state index < -0.39 is 11.4 Å². The van der Waals surface area contributed by atoms with Crippen molar-refractivity contribution in [3.63, 3.8) is 0 Å². The summed E-state index contributed by atoms with van der Waals surface area (Å²) in [6.45, 7) is 1.99. The van der Waals surface area contributed by atoms with Gasteiger partial charge in [-0.1, -0.05) is 13.0 Å². The Morgan fingerprint density at radius 1 is 1.26 bits per heavy atom. The van der Waals surface area contributed by atoms with Crippen molar-refractivity contribution in [2.75, 3.05) is 17.2 Å². The maximum absolute atomic E-state index is 14.3. The van der Waals surface area contributed by atoms with Gasteiger partial charge in [-0.25, -0.2) is 34.5 Å². The van der Waals surface area contributed by atoms with Crippen LogP contribution >= 0.6 is 0 Å². The van der Waals surface area contributed by atoms with Crippen LogP contribution in [0.1, 0.15) is 25.2 Å². The first-order valence-electron chi connectivity index (χ1n) is 8.50. The van der Waals surface area contributed by atoms with Crippen LogP contribution in [0.4, 0.5) is 10.2 Å². The van der Waals surface area contributed by atoms with E-state index in [0.29, 0.717) is 34.7 Å². The molecule has 0 bridgehead atoms. The Morgan fingerprint density at radius 2 is 2.11 bits per heavy atom. The standard InChI is InChI=1S/C17H15FN8O/c1-3-11-15-23-10-6-4-5-9(18)12(10)17(27)26(15)24(2)25(11)16-13-14(20-7-19-13)21-8-22-16/h4-8,11H,3H2,1-2H3,(H,19,20,21,22)/t11-/m0/s1. The van der Waals surface area contributed by atoms with Gasteiger partial charge in [0.1, 0.15) is 29.1 Å². The first-order valence-corrected chi connectivity index (χ1v) is 8.50. The SMILES string of the molecule is CC[C@H]1c2nc3cccc(F)c3c(=O)n2N(C)N1c1ncnc2nc[nH]c12. The van der Waals surface area contributed by atoms with Crippen molar-refractivity contribution in [2.45, 2.75) is 19.4 Å². The van der Waals surface area contributed by atoms with Crippen LogP contribution in [0.2, 0.25) is 0 Å². The Morgan fingerprint density at radius 3 is 2.93 bits per heavy atom. The second-order valence-electron chi connectivity index (χ2n) is 6.28. The van der Waals surface area contributed by atoms with E-state index >= 15 is 0 Å². The van der Waals surface area contributed by atoms with Crippen LogP contribution in [0.15, 0.2) is 35.6 Å². The Balaban J connectivity index is 1.80. The van der Waals surface area contributed by atoms with Gasteiger partial charge >= 0.3 is 0 Å². The number of halogens is 1. The molecule has 0 unspecified atom stereocenters. The largest absolute Gasteiger partial charge is 0.340 e. The van der Waals surface area contributed by atoms with Gasteiger partial charge in [0.05, 0.1) is 11.8 Å². The van der Waals surface area contributed by atoms with Gasteiger partial charge in [0.15, 0.2) is 17.3 Å². The maximum Gasteiger partial charge on any atom is 0.284 e. The molecule has 0 saturated heterocycles. The fourth-order valence-corrected chi connectivity index (χ4v) is 3.67. The third-order valence-electron chi connectivity index (χ3n) is 4.85. The number of rotatable bonds is 2. The minimum Gasteiger partial charge on any atom is -0.340 e. The molecule has 9 nitrogen and oxygen atoms in total. The Hall–Kier alpha value is -3.56. The van der Waals surface area contributed by atoms with Gasteiger partial charge in [-0.2, -0.15) is 4.68 Å². The molecule has 4 aromatic rings. The third-order valence-corrected chi connectivity index (χ3v) is 4.85. The van der Waals surface area contributed by atoms with Gasteiger partial charge in [-0.15, -0.1) is 0 Å². The normalized spacial score (nSPS) is 16.5. The van der Waals surface area contributed by atoms with Crippen LogP contribution in [0.25, 0.3) is 22.1 Å². The number of fused-ring (bicyclic) bond motifs is 3. The molecule has 0 fully saturated rings. The lowest BCUT2D eigenvalue weighted by Gasteiger charge is -2.30. The summed E-state index contributed by atoms with van der Waals surface area (Å²) in [5.74, 6) is 0.522. The molecule has 1 aliphatic heterocycles. The number of aromatic nitrogens is 6. The monoisotopic (exact) mass is 366 g/mol. The molecular formula is C17H15FN8O. The number of nitrogens with one attached hydrogen (secondary N) is 1. The Bertz CT molecular complexity index is 1250. The van der Waals surface area contributed by atoms with E-state index in [-0.39, 0.29) is 11.4 Å². The summed E-state index contributed by atoms with van der Waals surface area (Å²) >= 11 is 0. The van der Waals surface area contributed by atoms with Crippen LogP contribution in [0.3, 0.4) is 0 Å². The third kappa shape index (κ3) is 2.00. The van der Waals surface area contributed by atoms with E-state index in [0.717, 1.165) is 0 Å². The molecule has 0 saturated carbocycles. The van der Waals surface area contributed by atoms with Gasteiger partial charge in [0, 0.05) is 7.05 Å². The summed E-state index contributed by atoms with van der Waals surface area (Å²) in [5.41, 5.74) is 1.07. The Kier molecular flexibility index (Phi) is 3.17. The molecule has 136 valence electrons. The molecule has 1 atom stereocenters. The predicted octanol–water partition coefficient (Wildman–Crippen LogP) is 1.66. The number of hydrogen-bond donors (Lipinski definition) is 1. The van der Waals surface area contributed by atoms with Gasteiger partial charge in [0.2, 0.25) is 0 Å². The molecule has 3 aromatic heterocycles. The number of H-pyrrole nitrogens is 1. The van der Waals surface area contributed by atoms with E-state index in [9.17, 15) is 9.18 Å². The molecule has 1 N–H and O–H groups in total. The van der Waals surface area contributed by atoms with E-state index in [1.807, 2.05) is 11.9 Å². The van der Waals surface area contributed by atoms with Crippen molar-refractivity contribution in [1.29, 1.82) is 0 Å². The minimum absolute atomic E-state index is 0.0285.